The molecule has 0 aromatic carbocycles. The molecule has 0 saturated carbocycles. The lowest BCUT2D eigenvalue weighted by molar-refractivity contribution is -0.264. The second kappa shape index (κ2) is 4.71. The van der Waals surface area contributed by atoms with Gasteiger partial charge in [-0.1, -0.05) is 0 Å². The Morgan fingerprint density at radius 3 is 2.21 bits per heavy atom. The highest BCUT2D eigenvalue weighted by atomic mass is 16.7. The van der Waals surface area contributed by atoms with Gasteiger partial charge in [0.05, 0.1) is 5.41 Å². The number of cyclic esters (lactones) is 1. The van der Waals surface area contributed by atoms with Crippen molar-refractivity contribution in [3.05, 3.63) is 11.5 Å². The monoisotopic (exact) mass is 276 g/mol. The highest BCUT2D eigenvalue weighted by molar-refractivity contribution is 5.89. The molecule has 1 aliphatic rings. The summed E-state index contributed by atoms with van der Waals surface area (Å²) in [6.07, 6.45) is -1.88. The van der Waals surface area contributed by atoms with Crippen molar-refractivity contribution in [1.82, 2.24) is 0 Å². The molecule has 108 valence electrons. The molecule has 0 bridgehead atoms. The van der Waals surface area contributed by atoms with E-state index in [0.717, 1.165) is 0 Å². The van der Waals surface area contributed by atoms with E-state index >= 15 is 0 Å². The number of carbonyl (C=O) groups excluding carboxylic acids is 2. The lowest BCUT2D eigenvalue weighted by atomic mass is 9.97. The van der Waals surface area contributed by atoms with Crippen molar-refractivity contribution >= 4 is 11.9 Å². The first-order valence-electron chi connectivity index (χ1n) is 5.42. The first kappa shape index (κ1) is 15.3. The van der Waals surface area contributed by atoms with Gasteiger partial charge in [0, 0.05) is 0 Å². The Morgan fingerprint density at radius 2 is 1.89 bits per heavy atom. The topological polar surface area (TPSA) is 134 Å². The third-order valence-corrected chi connectivity index (χ3v) is 2.43. The van der Waals surface area contributed by atoms with Gasteiger partial charge < -0.3 is 29.9 Å². The summed E-state index contributed by atoms with van der Waals surface area (Å²) in [5.74, 6) is -6.97. The van der Waals surface area contributed by atoms with Crippen LogP contribution in [0.2, 0.25) is 0 Å². The minimum atomic E-state index is -2.67. The van der Waals surface area contributed by atoms with Crippen LogP contribution in [0.25, 0.3) is 0 Å². The van der Waals surface area contributed by atoms with Gasteiger partial charge in [-0.15, -0.1) is 0 Å². The summed E-state index contributed by atoms with van der Waals surface area (Å²) in [7, 11) is 0. The van der Waals surface area contributed by atoms with E-state index in [9.17, 15) is 19.8 Å². The van der Waals surface area contributed by atoms with Gasteiger partial charge in [0.15, 0.2) is 5.76 Å². The van der Waals surface area contributed by atoms with E-state index in [4.69, 9.17) is 10.2 Å². The second-order valence-corrected chi connectivity index (χ2v) is 5.16. The Labute approximate surface area is 108 Å². The summed E-state index contributed by atoms with van der Waals surface area (Å²) in [4.78, 5) is 22.7. The molecule has 0 amide bonds. The zero-order chi connectivity index (χ0) is 15.0. The van der Waals surface area contributed by atoms with Crippen molar-refractivity contribution < 1.29 is 39.5 Å². The molecule has 0 aliphatic carbocycles. The van der Waals surface area contributed by atoms with Gasteiger partial charge in [-0.2, -0.15) is 0 Å². The van der Waals surface area contributed by atoms with Crippen LogP contribution in [0.1, 0.15) is 20.8 Å². The normalized spacial score (nSPS) is 23.0. The lowest BCUT2D eigenvalue weighted by Gasteiger charge is -2.32. The number of carbonyl (C=O) groups is 2. The number of esters is 2. The minimum Gasteiger partial charge on any atom is -0.505 e. The molecule has 1 aliphatic heterocycles. The maximum Gasteiger partial charge on any atom is 0.378 e. The number of aliphatic hydroxyl groups excluding tert-OH is 3. The maximum absolute atomic E-state index is 11.7. The molecule has 0 aromatic heterocycles. The smallest absolute Gasteiger partial charge is 0.378 e. The molecule has 0 aromatic rings. The third-order valence-electron chi connectivity index (χ3n) is 2.43. The lowest BCUT2D eigenvalue weighted by Crippen LogP contribution is -2.52. The van der Waals surface area contributed by atoms with Gasteiger partial charge in [0.1, 0.15) is 6.61 Å². The van der Waals surface area contributed by atoms with Crippen LogP contribution in [-0.2, 0) is 19.1 Å². The number of rotatable bonds is 3. The Morgan fingerprint density at radius 1 is 1.37 bits per heavy atom. The Bertz CT molecular complexity index is 432. The molecule has 0 spiro atoms. The highest BCUT2D eigenvalue weighted by Crippen LogP contribution is 2.30. The Balaban J connectivity index is 3.01. The van der Waals surface area contributed by atoms with E-state index < -0.39 is 47.4 Å². The van der Waals surface area contributed by atoms with E-state index in [1.165, 1.54) is 20.8 Å². The average Bonchev–Trinajstić information content (AvgIpc) is 2.56. The molecule has 0 radical (unpaired) electrons. The number of aliphatic hydroxyl groups is 4. The first-order valence-corrected chi connectivity index (χ1v) is 5.42. The fraction of sp³-hybridized carbons (Fsp3) is 0.636. The number of hydrogen-bond donors (Lipinski definition) is 4. The molecule has 8 nitrogen and oxygen atoms in total. The number of hydrogen-bond acceptors (Lipinski definition) is 8. The average molecular weight is 276 g/mol. The predicted octanol–water partition coefficient (Wildman–Crippen LogP) is -0.490. The van der Waals surface area contributed by atoms with Crippen molar-refractivity contribution in [3.63, 3.8) is 0 Å². The molecule has 0 fully saturated rings. The van der Waals surface area contributed by atoms with Crippen molar-refractivity contribution in [2.75, 3.05) is 6.61 Å². The van der Waals surface area contributed by atoms with Gasteiger partial charge in [-0.05, 0) is 20.8 Å². The van der Waals surface area contributed by atoms with Crippen LogP contribution in [0.4, 0.5) is 0 Å². The van der Waals surface area contributed by atoms with Crippen LogP contribution in [0.15, 0.2) is 11.5 Å². The van der Waals surface area contributed by atoms with E-state index in [1.54, 1.807) is 0 Å². The molecular formula is C11H16O8. The fourth-order valence-electron chi connectivity index (χ4n) is 1.24. The van der Waals surface area contributed by atoms with Gasteiger partial charge in [-0.25, -0.2) is 4.79 Å². The van der Waals surface area contributed by atoms with Crippen LogP contribution in [-0.4, -0.2) is 50.9 Å². The van der Waals surface area contributed by atoms with Crippen LogP contribution in [0, 0.1) is 5.41 Å². The van der Waals surface area contributed by atoms with Crippen LogP contribution < -0.4 is 0 Å². The number of ether oxygens (including phenoxy) is 2. The van der Waals surface area contributed by atoms with E-state index in [0.29, 0.717) is 0 Å². The molecule has 4 N–H and O–H groups in total. The molecule has 2 atom stereocenters. The van der Waals surface area contributed by atoms with Crippen molar-refractivity contribution in [1.29, 1.82) is 0 Å². The third kappa shape index (κ3) is 2.79. The van der Waals surface area contributed by atoms with E-state index in [-0.39, 0.29) is 0 Å². The van der Waals surface area contributed by atoms with Crippen LogP contribution in [0.5, 0.6) is 0 Å². The summed E-state index contributed by atoms with van der Waals surface area (Å²) in [6.45, 7) is 3.37. The zero-order valence-corrected chi connectivity index (χ0v) is 10.7. The zero-order valence-electron chi connectivity index (χ0n) is 10.7. The Kier molecular flexibility index (Phi) is 3.78. The van der Waals surface area contributed by atoms with Crippen LogP contribution >= 0.6 is 0 Å². The summed E-state index contributed by atoms with van der Waals surface area (Å²) in [5, 5.41) is 37.6. The summed E-state index contributed by atoms with van der Waals surface area (Å²) in [5.41, 5.74) is -0.993. The van der Waals surface area contributed by atoms with Gasteiger partial charge in [0.2, 0.25) is 11.9 Å². The van der Waals surface area contributed by atoms with Crippen molar-refractivity contribution in [2.24, 2.45) is 5.41 Å². The summed E-state index contributed by atoms with van der Waals surface area (Å²) < 4.78 is 9.14. The molecule has 19 heavy (non-hydrogen) atoms. The van der Waals surface area contributed by atoms with Gasteiger partial charge in [0.25, 0.3) is 5.79 Å². The van der Waals surface area contributed by atoms with Crippen molar-refractivity contribution in [3.8, 4) is 0 Å². The molecule has 1 heterocycles. The first-order chi connectivity index (χ1) is 8.53. The molecule has 0 unspecified atom stereocenters. The summed E-state index contributed by atoms with van der Waals surface area (Å²) >= 11 is 0. The Hall–Kier alpha value is -1.80. The van der Waals surface area contributed by atoms with Gasteiger partial charge >= 0.3 is 11.9 Å². The van der Waals surface area contributed by atoms with E-state index in [2.05, 4.69) is 9.47 Å². The van der Waals surface area contributed by atoms with E-state index in [1.807, 2.05) is 0 Å². The van der Waals surface area contributed by atoms with Crippen LogP contribution in [0.3, 0.4) is 0 Å². The largest absolute Gasteiger partial charge is 0.505 e. The molecular weight excluding hydrogens is 260 g/mol. The highest BCUT2D eigenvalue weighted by Gasteiger charge is 2.52. The van der Waals surface area contributed by atoms with Gasteiger partial charge in [-0.3, -0.25) is 4.79 Å². The quantitative estimate of drug-likeness (QED) is 0.401. The molecule has 1 rings (SSSR count). The van der Waals surface area contributed by atoms with Crippen molar-refractivity contribution in [2.45, 2.75) is 32.7 Å². The second-order valence-electron chi connectivity index (χ2n) is 5.16. The minimum absolute atomic E-state index is 0.890. The predicted molar refractivity (Wildman–Crippen MR) is 59.7 cm³/mol. The molecule has 8 heteroatoms. The maximum atomic E-state index is 11.7. The SMILES string of the molecule is CC(C)(C)C(=O)O[C@](O)(CO)[C@H]1OC(=O)C(O)=C1O. The standard InChI is InChI=1S/C11H16O8/c1-10(2,3)9(16)19-11(17,4-12)7-5(13)6(14)8(15)18-7/h7,12-14,17H,4H2,1-3H3/t7-,11+/m0/s1. The fourth-order valence-corrected chi connectivity index (χ4v) is 1.24. The molecule has 0 saturated heterocycles. The summed E-state index contributed by atoms with van der Waals surface area (Å²) in [6, 6.07) is 0.